The number of ether oxygens (including phenoxy) is 1. The molecule has 0 aliphatic carbocycles. The lowest BCUT2D eigenvalue weighted by atomic mass is 10.1. The lowest BCUT2D eigenvalue weighted by molar-refractivity contribution is -0.124. The van der Waals surface area contributed by atoms with Crippen LogP contribution in [0.15, 0.2) is 0 Å². The van der Waals surface area contributed by atoms with Crippen LogP contribution >= 0.6 is 0 Å². The van der Waals surface area contributed by atoms with Crippen molar-refractivity contribution in [3.63, 3.8) is 0 Å². The number of nitrogens with one attached hydrogen (secondary N) is 1. The highest BCUT2D eigenvalue weighted by molar-refractivity contribution is 5.78. The average Bonchev–Trinajstić information content (AvgIpc) is 2.82. The van der Waals surface area contributed by atoms with E-state index in [2.05, 4.69) is 5.32 Å². The Morgan fingerprint density at radius 1 is 1.39 bits per heavy atom. The molecule has 1 atom stereocenters. The van der Waals surface area contributed by atoms with Gasteiger partial charge in [0.05, 0.1) is 12.6 Å². The standard InChI is InChI=1S/C12H20F2N2O2/c13-12(14)3-5-16(6-4-12)9-11(17)15-8-10-2-1-7-18-10/h10H,1-9H2,(H,15,17). The number of carbonyl (C=O) groups excluding carboxylic acids is 1. The van der Waals surface area contributed by atoms with Crippen LogP contribution in [0.25, 0.3) is 0 Å². The maximum atomic E-state index is 12.9. The third kappa shape index (κ3) is 4.17. The normalized spacial score (nSPS) is 28.2. The van der Waals surface area contributed by atoms with Gasteiger partial charge in [-0.1, -0.05) is 0 Å². The third-order valence-electron chi connectivity index (χ3n) is 3.51. The summed E-state index contributed by atoms with van der Waals surface area (Å²) in [5.74, 6) is -2.65. The van der Waals surface area contributed by atoms with Gasteiger partial charge in [0.25, 0.3) is 5.92 Å². The van der Waals surface area contributed by atoms with Gasteiger partial charge in [0.1, 0.15) is 0 Å². The van der Waals surface area contributed by atoms with Gasteiger partial charge in [-0.25, -0.2) is 8.78 Å². The highest BCUT2D eigenvalue weighted by Gasteiger charge is 2.34. The van der Waals surface area contributed by atoms with Crippen LogP contribution in [0.4, 0.5) is 8.78 Å². The summed E-state index contributed by atoms with van der Waals surface area (Å²) < 4.78 is 31.2. The smallest absolute Gasteiger partial charge is 0.250 e. The molecule has 0 spiro atoms. The predicted molar refractivity (Wildman–Crippen MR) is 62.6 cm³/mol. The van der Waals surface area contributed by atoms with Gasteiger partial charge in [0, 0.05) is 39.1 Å². The molecule has 0 saturated carbocycles. The lowest BCUT2D eigenvalue weighted by Gasteiger charge is -2.31. The minimum atomic E-state index is -2.55. The van der Waals surface area contributed by atoms with Gasteiger partial charge in [0.2, 0.25) is 5.91 Å². The van der Waals surface area contributed by atoms with Crippen LogP contribution < -0.4 is 5.32 Å². The molecule has 4 nitrogen and oxygen atoms in total. The van der Waals surface area contributed by atoms with Crippen molar-refractivity contribution in [1.82, 2.24) is 10.2 Å². The number of alkyl halides is 2. The van der Waals surface area contributed by atoms with Gasteiger partial charge in [0.15, 0.2) is 0 Å². The molecule has 104 valence electrons. The van der Waals surface area contributed by atoms with Crippen molar-refractivity contribution < 1.29 is 18.3 Å². The number of halogens is 2. The van der Waals surface area contributed by atoms with Gasteiger partial charge in [-0.3, -0.25) is 9.69 Å². The van der Waals surface area contributed by atoms with Gasteiger partial charge in [-0.15, -0.1) is 0 Å². The van der Waals surface area contributed by atoms with Crippen molar-refractivity contribution >= 4 is 5.91 Å². The minimum Gasteiger partial charge on any atom is -0.376 e. The number of hydrogen-bond acceptors (Lipinski definition) is 3. The van der Waals surface area contributed by atoms with E-state index in [0.29, 0.717) is 19.6 Å². The largest absolute Gasteiger partial charge is 0.376 e. The Hall–Kier alpha value is -0.750. The molecule has 2 rings (SSSR count). The molecule has 1 N–H and O–H groups in total. The van der Waals surface area contributed by atoms with Gasteiger partial charge >= 0.3 is 0 Å². The van der Waals surface area contributed by atoms with Crippen molar-refractivity contribution in [2.75, 3.05) is 32.8 Å². The van der Waals surface area contributed by atoms with Crippen LogP contribution in [0, 0.1) is 0 Å². The van der Waals surface area contributed by atoms with Crippen molar-refractivity contribution in [3.05, 3.63) is 0 Å². The van der Waals surface area contributed by atoms with Crippen LogP contribution in [-0.2, 0) is 9.53 Å². The molecule has 0 aromatic rings. The van der Waals surface area contributed by atoms with E-state index < -0.39 is 5.92 Å². The number of nitrogens with zero attached hydrogens (tertiary/aromatic N) is 1. The first-order valence-electron chi connectivity index (χ1n) is 6.54. The third-order valence-corrected chi connectivity index (χ3v) is 3.51. The Kier molecular flexibility index (Phi) is 4.50. The van der Waals surface area contributed by atoms with Crippen LogP contribution in [-0.4, -0.2) is 55.6 Å². The molecule has 2 fully saturated rings. The first-order chi connectivity index (χ1) is 8.55. The van der Waals surface area contributed by atoms with Crippen LogP contribution in [0.1, 0.15) is 25.7 Å². The van der Waals surface area contributed by atoms with E-state index in [4.69, 9.17) is 4.74 Å². The fourth-order valence-electron chi connectivity index (χ4n) is 2.33. The number of hydrogen-bond donors (Lipinski definition) is 1. The maximum Gasteiger partial charge on any atom is 0.250 e. The second-order valence-corrected chi connectivity index (χ2v) is 5.07. The number of piperidine rings is 1. The molecule has 0 bridgehead atoms. The average molecular weight is 262 g/mol. The number of carbonyl (C=O) groups is 1. The zero-order chi connectivity index (χ0) is 13.0. The summed E-state index contributed by atoms with van der Waals surface area (Å²) in [6, 6.07) is 0. The molecule has 2 saturated heterocycles. The van der Waals surface area contributed by atoms with E-state index in [1.54, 1.807) is 4.90 Å². The molecule has 1 amide bonds. The highest BCUT2D eigenvalue weighted by atomic mass is 19.3. The molecular formula is C12H20F2N2O2. The Bertz CT molecular complexity index is 284. The van der Waals surface area contributed by atoms with Crippen molar-refractivity contribution in [2.24, 2.45) is 0 Å². The highest BCUT2D eigenvalue weighted by Crippen LogP contribution is 2.27. The van der Waals surface area contributed by atoms with Crippen molar-refractivity contribution in [2.45, 2.75) is 37.7 Å². The van der Waals surface area contributed by atoms with Gasteiger partial charge < -0.3 is 10.1 Å². The predicted octanol–water partition coefficient (Wildman–Crippen LogP) is 1.01. The fourth-order valence-corrected chi connectivity index (χ4v) is 2.33. The minimum absolute atomic E-state index is 0.101. The van der Waals surface area contributed by atoms with E-state index >= 15 is 0 Å². The summed E-state index contributed by atoms with van der Waals surface area (Å²) in [7, 11) is 0. The molecule has 2 heterocycles. The molecule has 18 heavy (non-hydrogen) atoms. The molecule has 2 aliphatic rings. The Morgan fingerprint density at radius 2 is 2.11 bits per heavy atom. The monoisotopic (exact) mass is 262 g/mol. The van der Waals surface area contributed by atoms with E-state index in [-0.39, 0.29) is 31.4 Å². The first kappa shape index (κ1) is 13.7. The van der Waals surface area contributed by atoms with E-state index in [9.17, 15) is 13.6 Å². The zero-order valence-corrected chi connectivity index (χ0v) is 10.5. The summed E-state index contributed by atoms with van der Waals surface area (Å²) in [6.07, 6.45) is 1.86. The summed E-state index contributed by atoms with van der Waals surface area (Å²) in [4.78, 5) is 13.4. The Labute approximate surface area is 106 Å². The molecule has 1 unspecified atom stereocenters. The second kappa shape index (κ2) is 5.93. The SMILES string of the molecule is O=C(CN1CCC(F)(F)CC1)NCC1CCCO1. The molecule has 6 heteroatoms. The topological polar surface area (TPSA) is 41.6 Å². The van der Waals surface area contributed by atoms with Gasteiger partial charge in [-0.2, -0.15) is 0 Å². The molecule has 0 aromatic heterocycles. The molecule has 2 aliphatic heterocycles. The first-order valence-corrected chi connectivity index (χ1v) is 6.54. The van der Waals surface area contributed by atoms with E-state index in [1.165, 1.54) is 0 Å². The van der Waals surface area contributed by atoms with E-state index in [0.717, 1.165) is 19.4 Å². The maximum absolute atomic E-state index is 12.9. The second-order valence-electron chi connectivity index (χ2n) is 5.07. The number of amides is 1. The molecule has 0 radical (unpaired) electrons. The zero-order valence-electron chi connectivity index (χ0n) is 10.5. The lowest BCUT2D eigenvalue weighted by Crippen LogP contribution is -2.45. The van der Waals surface area contributed by atoms with Crippen LogP contribution in [0.5, 0.6) is 0 Å². The summed E-state index contributed by atoms with van der Waals surface area (Å²) in [5, 5.41) is 2.80. The summed E-state index contributed by atoms with van der Waals surface area (Å²) in [6.45, 7) is 2.09. The van der Waals surface area contributed by atoms with Crippen molar-refractivity contribution in [1.29, 1.82) is 0 Å². The van der Waals surface area contributed by atoms with Gasteiger partial charge in [-0.05, 0) is 12.8 Å². The number of rotatable bonds is 4. The quantitative estimate of drug-likeness (QED) is 0.822. The molecular weight excluding hydrogens is 242 g/mol. The summed E-state index contributed by atoms with van der Waals surface area (Å²) in [5.41, 5.74) is 0. The molecule has 0 aromatic carbocycles. The van der Waals surface area contributed by atoms with Crippen molar-refractivity contribution in [3.8, 4) is 0 Å². The van der Waals surface area contributed by atoms with Crippen LogP contribution in [0.2, 0.25) is 0 Å². The van der Waals surface area contributed by atoms with Crippen LogP contribution in [0.3, 0.4) is 0 Å². The number of likely N-dealkylation sites (tertiary alicyclic amines) is 1. The summed E-state index contributed by atoms with van der Waals surface area (Å²) >= 11 is 0. The Morgan fingerprint density at radius 3 is 2.72 bits per heavy atom. The van der Waals surface area contributed by atoms with E-state index in [1.807, 2.05) is 0 Å². The Balaban J connectivity index is 1.62. The fraction of sp³-hybridized carbons (Fsp3) is 0.917.